The number of halogens is 2. The second-order valence-electron chi connectivity index (χ2n) is 9.17. The fraction of sp³-hybridized carbons (Fsp3) is 0.222. The van der Waals surface area contributed by atoms with Crippen LogP contribution >= 0.6 is 11.6 Å². The van der Waals surface area contributed by atoms with E-state index in [1.54, 1.807) is 56.0 Å². The number of anilines is 1. The number of aromatic hydroxyl groups is 1. The van der Waals surface area contributed by atoms with E-state index in [1.165, 1.54) is 21.3 Å². The van der Waals surface area contributed by atoms with Crippen LogP contribution in [0.4, 0.5) is 10.2 Å². The first kappa shape index (κ1) is 25.5. The number of nitrogens with zero attached hydrogens (tertiary/aromatic N) is 4. The number of rotatable bonds is 6. The average Bonchev–Trinajstić information content (AvgIpc) is 3.22. The molecule has 9 nitrogen and oxygen atoms in total. The van der Waals surface area contributed by atoms with Crippen molar-refractivity contribution in [1.29, 1.82) is 0 Å². The number of phenolic OH excluding ortho intramolecular Hbond substituents is 1. The molecule has 196 valence electrons. The molecule has 0 bridgehead atoms. The molecule has 0 unspecified atom stereocenters. The highest BCUT2D eigenvalue weighted by Gasteiger charge is 2.23. The molecular weight excluding hydrogens is 513 g/mol. The zero-order chi connectivity index (χ0) is 27.0. The second kappa shape index (κ2) is 10.3. The first-order valence-electron chi connectivity index (χ1n) is 11.9. The van der Waals surface area contributed by atoms with Crippen molar-refractivity contribution in [3.05, 3.63) is 82.4 Å². The number of hydrogen-bond acceptors (Lipinski definition) is 6. The summed E-state index contributed by atoms with van der Waals surface area (Å²) >= 11 is 6.49. The summed E-state index contributed by atoms with van der Waals surface area (Å²) in [6.45, 7) is 1.69. The Labute approximate surface area is 222 Å². The summed E-state index contributed by atoms with van der Waals surface area (Å²) in [6, 6.07) is 10.6. The molecule has 3 heterocycles. The standard InChI is InChI=1S/C27H25ClFN5O4/c1-32-8-9-34(27(32)38)23-3-2-16(10-22(23)28)20-12-18(29)13-21(26(20)37)17-4-5-31-24(11-17)33-7-6-30-19(15-33)14-25(35)36/h2-5,8-13,19,30,37H,6-7,14-15H2,1H3,(H,35,36)/t19-/m1/s1. The Morgan fingerprint density at radius 3 is 2.55 bits per heavy atom. The lowest BCUT2D eigenvalue weighted by atomic mass is 9.97. The summed E-state index contributed by atoms with van der Waals surface area (Å²) in [4.78, 5) is 29.8. The molecule has 5 rings (SSSR count). The van der Waals surface area contributed by atoms with Crippen molar-refractivity contribution in [2.24, 2.45) is 7.05 Å². The lowest BCUT2D eigenvalue weighted by molar-refractivity contribution is -0.137. The molecule has 2 aromatic heterocycles. The van der Waals surface area contributed by atoms with Gasteiger partial charge in [-0.15, -0.1) is 0 Å². The number of imidazole rings is 1. The largest absolute Gasteiger partial charge is 0.507 e. The Kier molecular flexibility index (Phi) is 6.92. The van der Waals surface area contributed by atoms with Crippen LogP contribution in [0.2, 0.25) is 5.02 Å². The maximum absolute atomic E-state index is 14.8. The third kappa shape index (κ3) is 5.00. The van der Waals surface area contributed by atoms with Crippen molar-refractivity contribution >= 4 is 23.4 Å². The Hall–Kier alpha value is -4.15. The van der Waals surface area contributed by atoms with Crippen LogP contribution in [-0.2, 0) is 11.8 Å². The summed E-state index contributed by atoms with van der Waals surface area (Å²) in [5, 5.41) is 23.8. The number of aryl methyl sites for hydroxylation is 1. The number of hydrogen-bond donors (Lipinski definition) is 3. The summed E-state index contributed by atoms with van der Waals surface area (Å²) in [6.07, 6.45) is 4.79. The number of carboxylic acids is 1. The summed E-state index contributed by atoms with van der Waals surface area (Å²) < 4.78 is 17.6. The number of nitrogens with one attached hydrogen (secondary N) is 1. The van der Waals surface area contributed by atoms with Gasteiger partial charge in [-0.25, -0.2) is 14.2 Å². The van der Waals surface area contributed by atoms with E-state index in [1.807, 2.05) is 4.90 Å². The highest BCUT2D eigenvalue weighted by Crippen LogP contribution is 2.41. The van der Waals surface area contributed by atoms with Gasteiger partial charge < -0.3 is 25.0 Å². The quantitative estimate of drug-likeness (QED) is 0.344. The van der Waals surface area contributed by atoms with Crippen molar-refractivity contribution < 1.29 is 19.4 Å². The van der Waals surface area contributed by atoms with Gasteiger partial charge in [0.15, 0.2) is 0 Å². The van der Waals surface area contributed by atoms with Gasteiger partial charge >= 0.3 is 11.7 Å². The Bertz CT molecular complexity index is 1580. The molecule has 0 amide bonds. The number of aromatic nitrogens is 3. The molecule has 11 heteroatoms. The highest BCUT2D eigenvalue weighted by molar-refractivity contribution is 6.32. The molecule has 1 aliphatic heterocycles. The van der Waals surface area contributed by atoms with E-state index in [0.717, 1.165) is 0 Å². The maximum atomic E-state index is 14.8. The fourth-order valence-corrected chi connectivity index (χ4v) is 4.97. The minimum atomic E-state index is -0.882. The number of benzene rings is 2. The Balaban J connectivity index is 1.49. The predicted octanol–water partition coefficient (Wildman–Crippen LogP) is 3.66. The summed E-state index contributed by atoms with van der Waals surface area (Å²) in [5.41, 5.74) is 1.76. The van der Waals surface area contributed by atoms with Crippen LogP contribution in [0, 0.1) is 5.82 Å². The monoisotopic (exact) mass is 537 g/mol. The molecule has 0 spiro atoms. The van der Waals surface area contributed by atoms with Crippen LogP contribution in [0.15, 0.2) is 65.8 Å². The predicted molar refractivity (Wildman–Crippen MR) is 143 cm³/mol. The molecule has 2 aromatic carbocycles. The number of aliphatic carboxylic acids is 1. The van der Waals surface area contributed by atoms with Crippen LogP contribution in [0.25, 0.3) is 27.9 Å². The Morgan fingerprint density at radius 1 is 1.16 bits per heavy atom. The lowest BCUT2D eigenvalue weighted by Gasteiger charge is -2.34. The fourth-order valence-electron chi connectivity index (χ4n) is 4.70. The van der Waals surface area contributed by atoms with Crippen LogP contribution in [0.1, 0.15) is 6.42 Å². The highest BCUT2D eigenvalue weighted by atomic mass is 35.5. The van der Waals surface area contributed by atoms with Gasteiger partial charge in [-0.05, 0) is 47.5 Å². The van der Waals surface area contributed by atoms with E-state index in [4.69, 9.17) is 16.7 Å². The first-order chi connectivity index (χ1) is 18.2. The third-order valence-electron chi connectivity index (χ3n) is 6.60. The van der Waals surface area contributed by atoms with E-state index >= 15 is 0 Å². The maximum Gasteiger partial charge on any atom is 0.332 e. The van der Waals surface area contributed by atoms with E-state index < -0.39 is 11.8 Å². The van der Waals surface area contributed by atoms with Crippen molar-refractivity contribution in [3.8, 4) is 33.7 Å². The number of piperazine rings is 1. The second-order valence-corrected chi connectivity index (χ2v) is 9.58. The molecule has 0 radical (unpaired) electrons. The number of carbonyl (C=O) groups is 1. The van der Waals surface area contributed by atoms with Crippen molar-refractivity contribution in [1.82, 2.24) is 19.4 Å². The van der Waals surface area contributed by atoms with Gasteiger partial charge in [0.25, 0.3) is 0 Å². The smallest absolute Gasteiger partial charge is 0.332 e. The molecule has 38 heavy (non-hydrogen) atoms. The minimum absolute atomic E-state index is 0.00943. The topological polar surface area (TPSA) is 113 Å². The minimum Gasteiger partial charge on any atom is -0.507 e. The van der Waals surface area contributed by atoms with E-state index in [2.05, 4.69) is 10.3 Å². The molecule has 1 saturated heterocycles. The van der Waals surface area contributed by atoms with E-state index in [9.17, 15) is 19.1 Å². The first-order valence-corrected chi connectivity index (χ1v) is 12.3. The summed E-state index contributed by atoms with van der Waals surface area (Å²) in [7, 11) is 1.63. The molecule has 4 aromatic rings. The number of phenols is 1. The molecular formula is C27H25ClFN5O4. The van der Waals surface area contributed by atoms with Crippen molar-refractivity contribution in [2.75, 3.05) is 24.5 Å². The number of pyridine rings is 1. The van der Waals surface area contributed by atoms with E-state index in [0.29, 0.717) is 42.3 Å². The van der Waals surface area contributed by atoms with Crippen molar-refractivity contribution in [2.45, 2.75) is 12.5 Å². The van der Waals surface area contributed by atoms with Gasteiger partial charge in [-0.2, -0.15) is 0 Å². The molecule has 1 atom stereocenters. The third-order valence-corrected chi connectivity index (χ3v) is 6.90. The van der Waals surface area contributed by atoms with E-state index in [-0.39, 0.29) is 40.1 Å². The molecule has 0 saturated carbocycles. The molecule has 0 aliphatic carbocycles. The normalized spacial score (nSPS) is 15.6. The Morgan fingerprint density at radius 2 is 1.89 bits per heavy atom. The SMILES string of the molecule is Cn1ccn(-c2ccc(-c3cc(F)cc(-c4ccnc(N5CCN[C@H](CC(=O)O)C5)c4)c3O)cc2Cl)c1=O. The van der Waals surface area contributed by atoms with Crippen LogP contribution in [0.5, 0.6) is 5.75 Å². The molecule has 1 aliphatic rings. The van der Waals surface area contributed by atoms with Crippen LogP contribution in [0.3, 0.4) is 0 Å². The zero-order valence-corrected chi connectivity index (χ0v) is 21.2. The van der Waals surface area contributed by atoms with Crippen LogP contribution in [-0.4, -0.2) is 56.0 Å². The van der Waals surface area contributed by atoms with Gasteiger partial charge in [-0.1, -0.05) is 17.7 Å². The van der Waals surface area contributed by atoms with Gasteiger partial charge in [0.2, 0.25) is 0 Å². The molecule has 3 N–H and O–H groups in total. The van der Waals surface area contributed by atoms with Crippen LogP contribution < -0.4 is 15.9 Å². The average molecular weight is 538 g/mol. The van der Waals surface area contributed by atoms with Gasteiger partial charge in [0, 0.05) is 62.4 Å². The van der Waals surface area contributed by atoms with Gasteiger partial charge in [0.1, 0.15) is 17.4 Å². The molecule has 1 fully saturated rings. The van der Waals surface area contributed by atoms with Gasteiger partial charge in [-0.3, -0.25) is 9.36 Å². The lowest BCUT2D eigenvalue weighted by Crippen LogP contribution is -2.51. The summed E-state index contributed by atoms with van der Waals surface area (Å²) in [5.74, 6) is -0.958. The van der Waals surface area contributed by atoms with Gasteiger partial charge in [0.05, 0.1) is 17.1 Å². The number of carboxylic acid groups (broad SMARTS) is 1. The van der Waals surface area contributed by atoms with Crippen molar-refractivity contribution in [3.63, 3.8) is 0 Å². The zero-order valence-electron chi connectivity index (χ0n) is 20.4.